The number of ether oxygens (including phenoxy) is 2. The first-order chi connectivity index (χ1) is 12.6. The summed E-state index contributed by atoms with van der Waals surface area (Å²) in [7, 11) is 1.30. The average molecular weight is 397 g/mol. The molecule has 3 heterocycles. The smallest absolute Gasteiger partial charge is 0.410 e. The zero-order chi connectivity index (χ0) is 19.8. The van der Waals surface area contributed by atoms with Crippen molar-refractivity contribution in [2.75, 3.05) is 31.6 Å². The molecule has 27 heavy (non-hydrogen) atoms. The maximum absolute atomic E-state index is 12.7. The Labute approximate surface area is 163 Å². The minimum absolute atomic E-state index is 0.126. The lowest BCUT2D eigenvalue weighted by Crippen LogP contribution is -2.50. The Kier molecular flexibility index (Phi) is 5.20. The molecule has 1 atom stereocenters. The monoisotopic (exact) mass is 396 g/mol. The normalized spacial score (nSPS) is 22.4. The van der Waals surface area contributed by atoms with Crippen LogP contribution in [0.1, 0.15) is 50.5 Å². The number of esters is 1. The van der Waals surface area contributed by atoms with Gasteiger partial charge in [-0.25, -0.2) is 9.59 Å². The quantitative estimate of drug-likeness (QED) is 0.710. The van der Waals surface area contributed by atoms with Crippen molar-refractivity contribution in [3.8, 4) is 0 Å². The van der Waals surface area contributed by atoms with E-state index >= 15 is 0 Å². The van der Waals surface area contributed by atoms with E-state index in [1.807, 2.05) is 30.6 Å². The number of carbonyl (C=O) groups excluding carboxylic acids is 2. The first kappa shape index (κ1) is 19.7. The fourth-order valence-corrected chi connectivity index (χ4v) is 4.01. The summed E-state index contributed by atoms with van der Waals surface area (Å²) in [6.45, 7) is 7.51. The van der Waals surface area contributed by atoms with Crippen LogP contribution in [0.25, 0.3) is 0 Å². The van der Waals surface area contributed by atoms with E-state index < -0.39 is 11.6 Å². The third-order valence-electron chi connectivity index (χ3n) is 5.01. The zero-order valence-electron chi connectivity index (χ0n) is 16.1. The summed E-state index contributed by atoms with van der Waals surface area (Å²) in [4.78, 5) is 28.6. The van der Waals surface area contributed by atoms with Gasteiger partial charge in [0.15, 0.2) is 10.8 Å². The summed E-state index contributed by atoms with van der Waals surface area (Å²) in [5.41, 5.74) is -0.152. The van der Waals surface area contributed by atoms with Gasteiger partial charge in [0, 0.05) is 25.7 Å². The number of anilines is 1. The molecule has 1 amide bonds. The van der Waals surface area contributed by atoms with Crippen molar-refractivity contribution in [2.45, 2.75) is 51.2 Å². The van der Waals surface area contributed by atoms with Crippen LogP contribution in [0, 0.1) is 0 Å². The maximum atomic E-state index is 12.7. The van der Waals surface area contributed by atoms with Crippen molar-refractivity contribution in [3.05, 3.63) is 16.9 Å². The fourth-order valence-electron chi connectivity index (χ4n) is 3.87. The molecule has 1 aromatic heterocycles. The Balaban J connectivity index is 1.85. The second kappa shape index (κ2) is 7.14. The average Bonchev–Trinajstić information content (AvgIpc) is 3.20. The van der Waals surface area contributed by atoms with Crippen molar-refractivity contribution in [1.29, 1.82) is 0 Å². The lowest BCUT2D eigenvalue weighted by Gasteiger charge is -2.36. The molecule has 148 valence electrons. The van der Waals surface area contributed by atoms with Gasteiger partial charge in [0.1, 0.15) is 5.60 Å². The standard InChI is InChI=1S/C18H25ClN4O4/c1-17(2,3)27-16(25)23-8-5-6-18(23)7-9-22(11-18)12-10-13(19)20-21-14(12)15(24)26-4/h10H,5-9,11H2,1-4H3. The summed E-state index contributed by atoms with van der Waals surface area (Å²) in [6.07, 6.45) is 2.31. The van der Waals surface area contributed by atoms with Crippen LogP contribution in [0.2, 0.25) is 5.15 Å². The molecule has 0 aromatic carbocycles. The number of rotatable bonds is 2. The van der Waals surface area contributed by atoms with E-state index in [4.69, 9.17) is 21.1 Å². The lowest BCUT2D eigenvalue weighted by atomic mass is 9.95. The molecule has 2 aliphatic heterocycles. The highest BCUT2D eigenvalue weighted by atomic mass is 35.5. The van der Waals surface area contributed by atoms with Crippen molar-refractivity contribution >= 4 is 29.4 Å². The number of nitrogens with zero attached hydrogens (tertiary/aromatic N) is 4. The van der Waals surface area contributed by atoms with Crippen LogP contribution < -0.4 is 4.90 Å². The predicted octanol–water partition coefficient (Wildman–Crippen LogP) is 2.90. The highest BCUT2D eigenvalue weighted by Gasteiger charge is 2.50. The number of aromatic nitrogens is 2. The van der Waals surface area contributed by atoms with Gasteiger partial charge < -0.3 is 19.3 Å². The van der Waals surface area contributed by atoms with Crippen LogP contribution in [0.15, 0.2) is 6.07 Å². The molecule has 0 bridgehead atoms. The largest absolute Gasteiger partial charge is 0.464 e. The van der Waals surface area contributed by atoms with Gasteiger partial charge in [0.25, 0.3) is 0 Å². The third kappa shape index (κ3) is 3.95. The number of carbonyl (C=O) groups is 2. The Bertz CT molecular complexity index is 751. The van der Waals surface area contributed by atoms with E-state index in [1.54, 1.807) is 6.07 Å². The lowest BCUT2D eigenvalue weighted by molar-refractivity contribution is 0.0111. The summed E-state index contributed by atoms with van der Waals surface area (Å²) < 4.78 is 10.4. The van der Waals surface area contributed by atoms with E-state index in [0.29, 0.717) is 25.3 Å². The molecule has 1 spiro atoms. The number of methoxy groups -OCH3 is 1. The Morgan fingerprint density at radius 3 is 2.63 bits per heavy atom. The zero-order valence-corrected chi connectivity index (χ0v) is 16.9. The van der Waals surface area contributed by atoms with Gasteiger partial charge in [0.2, 0.25) is 0 Å². The molecule has 2 aliphatic rings. The fraction of sp³-hybridized carbons (Fsp3) is 0.667. The van der Waals surface area contributed by atoms with Crippen LogP contribution in [0.4, 0.5) is 10.5 Å². The van der Waals surface area contributed by atoms with Gasteiger partial charge in [-0.1, -0.05) is 11.6 Å². The van der Waals surface area contributed by atoms with Crippen molar-refractivity contribution in [2.24, 2.45) is 0 Å². The Hall–Kier alpha value is -2.09. The molecule has 1 aromatic rings. The summed E-state index contributed by atoms with van der Waals surface area (Å²) in [6, 6.07) is 1.62. The van der Waals surface area contributed by atoms with Crippen LogP contribution >= 0.6 is 11.6 Å². The van der Waals surface area contributed by atoms with Gasteiger partial charge in [0.05, 0.1) is 18.3 Å². The van der Waals surface area contributed by atoms with E-state index in [-0.39, 0.29) is 22.5 Å². The number of hydrogen-bond acceptors (Lipinski definition) is 7. The Morgan fingerprint density at radius 2 is 1.96 bits per heavy atom. The molecule has 8 nitrogen and oxygen atoms in total. The first-order valence-electron chi connectivity index (χ1n) is 9.02. The topological polar surface area (TPSA) is 84.9 Å². The second-order valence-corrected chi connectivity index (χ2v) is 8.41. The number of likely N-dealkylation sites (tertiary alicyclic amines) is 1. The molecule has 9 heteroatoms. The number of amides is 1. The SMILES string of the molecule is COC(=O)c1nnc(Cl)cc1N1CCC2(CCCN2C(=O)OC(C)(C)C)C1. The van der Waals surface area contributed by atoms with Gasteiger partial charge >= 0.3 is 12.1 Å². The van der Waals surface area contributed by atoms with Crippen LogP contribution in [0.3, 0.4) is 0 Å². The molecule has 2 fully saturated rings. The molecular weight excluding hydrogens is 372 g/mol. The molecule has 0 saturated carbocycles. The van der Waals surface area contributed by atoms with E-state index in [0.717, 1.165) is 19.3 Å². The van der Waals surface area contributed by atoms with Gasteiger partial charge in [-0.3, -0.25) is 0 Å². The third-order valence-corrected chi connectivity index (χ3v) is 5.19. The van der Waals surface area contributed by atoms with Gasteiger partial charge in [-0.2, -0.15) is 0 Å². The maximum Gasteiger partial charge on any atom is 0.410 e. The Morgan fingerprint density at radius 1 is 1.22 bits per heavy atom. The molecule has 0 radical (unpaired) electrons. The van der Waals surface area contributed by atoms with Crippen LogP contribution in [-0.2, 0) is 9.47 Å². The van der Waals surface area contributed by atoms with Crippen LogP contribution in [-0.4, -0.2) is 65.0 Å². The molecule has 0 N–H and O–H groups in total. The molecule has 2 saturated heterocycles. The van der Waals surface area contributed by atoms with Crippen molar-refractivity contribution in [3.63, 3.8) is 0 Å². The molecule has 1 unspecified atom stereocenters. The number of halogens is 1. The van der Waals surface area contributed by atoms with Crippen molar-refractivity contribution < 1.29 is 19.1 Å². The highest BCUT2D eigenvalue weighted by molar-refractivity contribution is 6.29. The van der Waals surface area contributed by atoms with E-state index in [9.17, 15) is 9.59 Å². The second-order valence-electron chi connectivity index (χ2n) is 8.02. The summed E-state index contributed by atoms with van der Waals surface area (Å²) in [5, 5.41) is 7.87. The van der Waals surface area contributed by atoms with E-state index in [1.165, 1.54) is 7.11 Å². The van der Waals surface area contributed by atoms with Gasteiger partial charge in [-0.15, -0.1) is 10.2 Å². The minimum atomic E-state index is -0.564. The minimum Gasteiger partial charge on any atom is -0.464 e. The summed E-state index contributed by atoms with van der Waals surface area (Å²) >= 11 is 6.01. The van der Waals surface area contributed by atoms with Crippen LogP contribution in [0.5, 0.6) is 0 Å². The molecule has 0 aliphatic carbocycles. The summed E-state index contributed by atoms with van der Waals surface area (Å²) in [5.74, 6) is -0.564. The highest BCUT2D eigenvalue weighted by Crippen LogP contribution is 2.41. The molecule has 3 rings (SSSR count). The number of hydrogen-bond donors (Lipinski definition) is 0. The van der Waals surface area contributed by atoms with Gasteiger partial charge in [-0.05, 0) is 40.0 Å². The van der Waals surface area contributed by atoms with E-state index in [2.05, 4.69) is 10.2 Å². The first-order valence-corrected chi connectivity index (χ1v) is 9.40. The predicted molar refractivity (Wildman–Crippen MR) is 100 cm³/mol. The molecular formula is C18H25ClN4O4. The van der Waals surface area contributed by atoms with Crippen molar-refractivity contribution in [1.82, 2.24) is 15.1 Å².